The molecule has 22 heavy (non-hydrogen) atoms. The Morgan fingerprint density at radius 3 is 2.36 bits per heavy atom. The maximum atomic E-state index is 14.3. The van der Waals surface area contributed by atoms with Gasteiger partial charge in [-0.3, -0.25) is 4.79 Å². The fourth-order valence-electron chi connectivity index (χ4n) is 1.96. The molecule has 0 aliphatic carbocycles. The summed E-state index contributed by atoms with van der Waals surface area (Å²) in [4.78, 5) is 12.3. The van der Waals surface area contributed by atoms with E-state index in [1.165, 1.54) is 12.1 Å². The van der Waals surface area contributed by atoms with Crippen molar-refractivity contribution in [2.75, 3.05) is 30.7 Å². The molecule has 0 unspecified atom stereocenters. The van der Waals surface area contributed by atoms with Crippen molar-refractivity contribution in [2.24, 2.45) is 0 Å². The summed E-state index contributed by atoms with van der Waals surface area (Å²) < 4.78 is 14.3. The van der Waals surface area contributed by atoms with Gasteiger partial charge in [0.2, 0.25) is 0 Å². The number of amides is 1. The average Bonchev–Trinajstić information content (AvgIpc) is 2.44. The summed E-state index contributed by atoms with van der Waals surface area (Å²) in [5.41, 5.74) is 6.77. The minimum atomic E-state index is -0.601. The number of nitrogens with one attached hydrogen (secondary N) is 3. The number of hydrogen-bond acceptors (Lipinski definition) is 4. The minimum absolute atomic E-state index is 0.0574. The largest absolute Gasteiger partial charge is 0.397 e. The first-order chi connectivity index (χ1) is 10.5. The number of nitrogen functional groups attached to an aromatic ring is 1. The van der Waals surface area contributed by atoms with E-state index in [2.05, 4.69) is 16.0 Å². The Kier molecular flexibility index (Phi) is 6.98. The Hall–Kier alpha value is -1.95. The molecule has 0 spiro atoms. The van der Waals surface area contributed by atoms with Crippen molar-refractivity contribution in [1.29, 1.82) is 0 Å². The number of carbonyl (C=O) groups is 1. The van der Waals surface area contributed by atoms with Crippen LogP contribution in [0.1, 0.15) is 26.3 Å². The SMILES string of the molecule is CCNC(=O)/C(=C(/Cl)NCC)c1cc(NCC)c(N)cc1F. The highest BCUT2D eigenvalue weighted by atomic mass is 35.5. The maximum absolute atomic E-state index is 14.3. The molecule has 0 aromatic heterocycles. The van der Waals surface area contributed by atoms with Crippen molar-refractivity contribution in [1.82, 2.24) is 10.6 Å². The predicted octanol–water partition coefficient (Wildman–Crippen LogP) is 2.49. The third kappa shape index (κ3) is 4.27. The molecule has 5 nitrogen and oxygen atoms in total. The highest BCUT2D eigenvalue weighted by molar-refractivity contribution is 6.39. The quantitative estimate of drug-likeness (QED) is 0.352. The molecule has 1 aromatic rings. The van der Waals surface area contributed by atoms with E-state index in [0.29, 0.717) is 25.3 Å². The first-order valence-corrected chi connectivity index (χ1v) is 7.59. The smallest absolute Gasteiger partial charge is 0.255 e. The van der Waals surface area contributed by atoms with Crippen LogP contribution in [0.2, 0.25) is 0 Å². The highest BCUT2D eigenvalue weighted by Gasteiger charge is 2.21. The normalized spacial score (nSPS) is 11.7. The Balaban J connectivity index is 3.45. The van der Waals surface area contributed by atoms with Gasteiger partial charge in [-0.1, -0.05) is 11.6 Å². The average molecular weight is 329 g/mol. The number of carbonyl (C=O) groups excluding carboxylic acids is 1. The fraction of sp³-hybridized carbons (Fsp3) is 0.400. The van der Waals surface area contributed by atoms with E-state index in [4.69, 9.17) is 17.3 Å². The Bertz CT molecular complexity index is 575. The van der Waals surface area contributed by atoms with E-state index < -0.39 is 11.7 Å². The van der Waals surface area contributed by atoms with Gasteiger partial charge in [-0.05, 0) is 32.9 Å². The van der Waals surface area contributed by atoms with Crippen LogP contribution >= 0.6 is 11.6 Å². The van der Waals surface area contributed by atoms with Crippen molar-refractivity contribution in [3.8, 4) is 0 Å². The highest BCUT2D eigenvalue weighted by Crippen LogP contribution is 2.30. The monoisotopic (exact) mass is 328 g/mol. The van der Waals surface area contributed by atoms with E-state index in [9.17, 15) is 9.18 Å². The number of likely N-dealkylation sites (N-methyl/N-ethyl adjacent to an activating group) is 1. The summed E-state index contributed by atoms with van der Waals surface area (Å²) in [7, 11) is 0. The summed E-state index contributed by atoms with van der Waals surface area (Å²) >= 11 is 6.14. The van der Waals surface area contributed by atoms with Crippen LogP contribution in [0.15, 0.2) is 17.3 Å². The first-order valence-electron chi connectivity index (χ1n) is 7.21. The predicted molar refractivity (Wildman–Crippen MR) is 90.1 cm³/mol. The van der Waals surface area contributed by atoms with E-state index >= 15 is 0 Å². The lowest BCUT2D eigenvalue weighted by Gasteiger charge is -2.15. The van der Waals surface area contributed by atoms with Gasteiger partial charge in [-0.25, -0.2) is 4.39 Å². The number of benzene rings is 1. The Morgan fingerprint density at radius 1 is 1.18 bits per heavy atom. The second-order valence-electron chi connectivity index (χ2n) is 4.53. The summed E-state index contributed by atoms with van der Waals surface area (Å²) in [6.45, 7) is 7.06. The molecule has 0 aliphatic rings. The van der Waals surface area contributed by atoms with Gasteiger partial charge in [0.1, 0.15) is 11.0 Å². The number of rotatable bonds is 7. The maximum Gasteiger partial charge on any atom is 0.255 e. The lowest BCUT2D eigenvalue weighted by molar-refractivity contribution is -0.115. The van der Waals surface area contributed by atoms with E-state index in [1.807, 2.05) is 13.8 Å². The van der Waals surface area contributed by atoms with Crippen LogP contribution in [0.4, 0.5) is 15.8 Å². The number of halogens is 2. The van der Waals surface area contributed by atoms with Crippen molar-refractivity contribution in [3.63, 3.8) is 0 Å². The van der Waals surface area contributed by atoms with Crippen LogP contribution in [-0.4, -0.2) is 25.5 Å². The molecule has 0 atom stereocenters. The molecule has 122 valence electrons. The molecule has 1 rings (SSSR count). The van der Waals surface area contributed by atoms with Gasteiger partial charge >= 0.3 is 0 Å². The molecule has 0 bridgehead atoms. The van der Waals surface area contributed by atoms with E-state index in [-0.39, 0.29) is 22.0 Å². The molecule has 0 radical (unpaired) electrons. The molecule has 5 N–H and O–H groups in total. The molecular formula is C15H22ClFN4O. The van der Waals surface area contributed by atoms with Crippen molar-refractivity contribution in [2.45, 2.75) is 20.8 Å². The topological polar surface area (TPSA) is 79.2 Å². The molecule has 1 amide bonds. The van der Waals surface area contributed by atoms with Crippen LogP contribution in [0.5, 0.6) is 0 Å². The second-order valence-corrected chi connectivity index (χ2v) is 4.91. The van der Waals surface area contributed by atoms with Crippen LogP contribution in [-0.2, 0) is 4.79 Å². The van der Waals surface area contributed by atoms with Gasteiger partial charge in [0.05, 0.1) is 16.9 Å². The number of anilines is 2. The van der Waals surface area contributed by atoms with Crippen molar-refractivity contribution >= 4 is 34.5 Å². The second kappa shape index (κ2) is 8.48. The Morgan fingerprint density at radius 2 is 1.82 bits per heavy atom. The molecule has 1 aromatic carbocycles. The minimum Gasteiger partial charge on any atom is -0.397 e. The fourth-order valence-corrected chi connectivity index (χ4v) is 2.28. The summed E-state index contributed by atoms with van der Waals surface area (Å²) in [6.07, 6.45) is 0. The van der Waals surface area contributed by atoms with Gasteiger partial charge in [-0.15, -0.1) is 0 Å². The molecule has 0 saturated carbocycles. The van der Waals surface area contributed by atoms with Crippen LogP contribution in [0, 0.1) is 5.82 Å². The van der Waals surface area contributed by atoms with Gasteiger partial charge in [-0.2, -0.15) is 0 Å². The van der Waals surface area contributed by atoms with E-state index in [1.54, 1.807) is 6.92 Å². The zero-order chi connectivity index (χ0) is 16.7. The summed E-state index contributed by atoms with van der Waals surface area (Å²) in [5, 5.41) is 8.61. The number of hydrogen-bond donors (Lipinski definition) is 4. The van der Waals surface area contributed by atoms with Crippen molar-refractivity contribution in [3.05, 3.63) is 28.7 Å². The molecule has 0 saturated heterocycles. The first kappa shape index (κ1) is 18.1. The zero-order valence-corrected chi connectivity index (χ0v) is 13.8. The lowest BCUT2D eigenvalue weighted by Crippen LogP contribution is -2.27. The van der Waals surface area contributed by atoms with Gasteiger partial charge in [0.15, 0.2) is 0 Å². The molecule has 0 heterocycles. The number of nitrogens with two attached hydrogens (primary N) is 1. The summed E-state index contributed by atoms with van der Waals surface area (Å²) in [6, 6.07) is 2.68. The van der Waals surface area contributed by atoms with Crippen LogP contribution < -0.4 is 21.7 Å². The third-order valence-corrected chi connectivity index (χ3v) is 3.21. The van der Waals surface area contributed by atoms with Crippen molar-refractivity contribution < 1.29 is 9.18 Å². The third-order valence-electron chi connectivity index (χ3n) is 2.89. The molecule has 0 aliphatic heterocycles. The van der Waals surface area contributed by atoms with Gasteiger partial charge in [0.25, 0.3) is 5.91 Å². The molecular weight excluding hydrogens is 307 g/mol. The standard InChI is InChI=1S/C15H22ClFN4O/c1-4-19-12-7-9(10(17)8-11(12)18)13(14(16)20-5-2)15(22)21-6-3/h7-8,19-20H,4-6,18H2,1-3H3,(H,21,22)/b14-13-. The molecule has 0 fully saturated rings. The lowest BCUT2D eigenvalue weighted by atomic mass is 10.0. The van der Waals surface area contributed by atoms with Crippen LogP contribution in [0.25, 0.3) is 5.57 Å². The van der Waals surface area contributed by atoms with E-state index in [0.717, 1.165) is 0 Å². The zero-order valence-electron chi connectivity index (χ0n) is 13.0. The van der Waals surface area contributed by atoms with Gasteiger partial charge < -0.3 is 21.7 Å². The summed E-state index contributed by atoms with van der Waals surface area (Å²) in [5.74, 6) is -1.05. The van der Waals surface area contributed by atoms with Crippen LogP contribution in [0.3, 0.4) is 0 Å². The molecule has 7 heteroatoms. The van der Waals surface area contributed by atoms with Gasteiger partial charge in [0, 0.05) is 25.2 Å². The Labute approximate surface area is 135 Å².